The standard InChI is InChI=1S/C24H22N2O2S/c1-16-6-4-7-17-12-18(24(26-23(16)17)22-10-5-11-29-22)13-25-14-19-15-27-20-8-2-3-9-21(20)28-19/h2-12,19,25H,13-15H2,1H3/t19-/m0/s1. The average Bonchev–Trinajstić information content (AvgIpc) is 3.28. The van der Waals surface area contributed by atoms with Crippen LogP contribution in [0.5, 0.6) is 11.5 Å². The lowest BCUT2D eigenvalue weighted by atomic mass is 10.1. The lowest BCUT2D eigenvalue weighted by Gasteiger charge is -2.26. The van der Waals surface area contributed by atoms with E-state index in [4.69, 9.17) is 14.5 Å². The van der Waals surface area contributed by atoms with Crippen LogP contribution >= 0.6 is 11.3 Å². The van der Waals surface area contributed by atoms with E-state index in [1.54, 1.807) is 11.3 Å². The first-order valence-electron chi connectivity index (χ1n) is 9.80. The van der Waals surface area contributed by atoms with Crippen molar-refractivity contribution in [1.82, 2.24) is 10.3 Å². The number of aryl methyl sites for hydroxylation is 1. The molecule has 5 rings (SSSR count). The Morgan fingerprint density at radius 3 is 2.83 bits per heavy atom. The Morgan fingerprint density at radius 1 is 1.07 bits per heavy atom. The predicted molar refractivity (Wildman–Crippen MR) is 118 cm³/mol. The lowest BCUT2D eigenvalue weighted by molar-refractivity contribution is 0.0902. The number of nitrogens with one attached hydrogen (secondary N) is 1. The highest BCUT2D eigenvalue weighted by atomic mass is 32.1. The highest BCUT2D eigenvalue weighted by Crippen LogP contribution is 2.32. The van der Waals surface area contributed by atoms with Gasteiger partial charge >= 0.3 is 0 Å². The van der Waals surface area contributed by atoms with E-state index < -0.39 is 0 Å². The van der Waals surface area contributed by atoms with Gasteiger partial charge in [-0.05, 0) is 47.7 Å². The maximum atomic E-state index is 6.06. The van der Waals surface area contributed by atoms with Gasteiger partial charge in [-0.15, -0.1) is 11.3 Å². The Balaban J connectivity index is 1.35. The largest absolute Gasteiger partial charge is 0.486 e. The summed E-state index contributed by atoms with van der Waals surface area (Å²) in [6, 6.07) is 20.6. The van der Waals surface area contributed by atoms with E-state index in [-0.39, 0.29) is 6.10 Å². The van der Waals surface area contributed by atoms with Crippen molar-refractivity contribution in [3.63, 3.8) is 0 Å². The van der Waals surface area contributed by atoms with Gasteiger partial charge in [0.25, 0.3) is 0 Å². The van der Waals surface area contributed by atoms with Crippen LogP contribution in [0.15, 0.2) is 66.0 Å². The SMILES string of the molecule is Cc1cccc2cc(CNC[C@H]3COc4ccccc4O3)c(-c3cccs3)nc12. The van der Waals surface area contributed by atoms with E-state index in [0.29, 0.717) is 13.2 Å². The molecule has 1 aliphatic rings. The predicted octanol–water partition coefficient (Wildman–Crippen LogP) is 5.20. The Kier molecular flexibility index (Phi) is 4.92. The zero-order valence-electron chi connectivity index (χ0n) is 16.2. The molecule has 5 heteroatoms. The molecule has 0 spiro atoms. The summed E-state index contributed by atoms with van der Waals surface area (Å²) in [5, 5.41) is 6.82. The van der Waals surface area contributed by atoms with Gasteiger partial charge in [-0.1, -0.05) is 36.4 Å². The molecule has 0 amide bonds. The molecule has 4 nitrogen and oxygen atoms in total. The molecule has 3 heterocycles. The van der Waals surface area contributed by atoms with Gasteiger partial charge in [0.15, 0.2) is 11.5 Å². The molecule has 0 radical (unpaired) electrons. The van der Waals surface area contributed by atoms with Crippen molar-refractivity contribution in [2.75, 3.05) is 13.2 Å². The second kappa shape index (κ2) is 7.85. The summed E-state index contributed by atoms with van der Waals surface area (Å²) in [6.07, 6.45) is -0.00857. The quantitative estimate of drug-likeness (QED) is 0.498. The first kappa shape index (κ1) is 18.2. The molecule has 4 aromatic rings. The molecule has 0 fully saturated rings. The Labute approximate surface area is 174 Å². The molecule has 29 heavy (non-hydrogen) atoms. The van der Waals surface area contributed by atoms with Crippen molar-refractivity contribution in [3.05, 3.63) is 77.2 Å². The molecular formula is C24H22N2O2S. The van der Waals surface area contributed by atoms with E-state index in [0.717, 1.165) is 29.3 Å². The first-order valence-corrected chi connectivity index (χ1v) is 10.7. The number of benzene rings is 2. The van der Waals surface area contributed by atoms with Gasteiger partial charge < -0.3 is 14.8 Å². The van der Waals surface area contributed by atoms with Crippen molar-refractivity contribution in [3.8, 4) is 22.1 Å². The first-order chi connectivity index (χ1) is 14.3. The number of fused-ring (bicyclic) bond motifs is 2. The van der Waals surface area contributed by atoms with Crippen molar-refractivity contribution in [1.29, 1.82) is 0 Å². The normalized spacial score (nSPS) is 15.6. The van der Waals surface area contributed by atoms with Crippen molar-refractivity contribution in [2.24, 2.45) is 0 Å². The number of pyridine rings is 1. The van der Waals surface area contributed by atoms with E-state index >= 15 is 0 Å². The van der Waals surface area contributed by atoms with Crippen LogP contribution in [0, 0.1) is 6.92 Å². The van der Waals surface area contributed by atoms with Crippen molar-refractivity contribution >= 4 is 22.2 Å². The van der Waals surface area contributed by atoms with Crippen molar-refractivity contribution in [2.45, 2.75) is 19.6 Å². The third-order valence-electron chi connectivity index (χ3n) is 5.14. The summed E-state index contributed by atoms with van der Waals surface area (Å²) in [5.41, 5.74) is 4.52. The average molecular weight is 403 g/mol. The molecule has 1 atom stereocenters. The third kappa shape index (κ3) is 3.71. The maximum Gasteiger partial charge on any atom is 0.161 e. The summed E-state index contributed by atoms with van der Waals surface area (Å²) in [6.45, 7) is 4.11. The minimum Gasteiger partial charge on any atom is -0.486 e. The van der Waals surface area contributed by atoms with Gasteiger partial charge in [-0.2, -0.15) is 0 Å². The lowest BCUT2D eigenvalue weighted by Crippen LogP contribution is -2.38. The molecule has 2 aromatic heterocycles. The number of hydrogen-bond acceptors (Lipinski definition) is 5. The summed E-state index contributed by atoms with van der Waals surface area (Å²) >= 11 is 1.72. The number of nitrogens with zero attached hydrogens (tertiary/aromatic N) is 1. The monoisotopic (exact) mass is 402 g/mol. The maximum absolute atomic E-state index is 6.06. The molecule has 2 aromatic carbocycles. The van der Waals surface area contributed by atoms with Crippen LogP contribution in [0.1, 0.15) is 11.1 Å². The van der Waals surface area contributed by atoms with Crippen LogP contribution in [0.25, 0.3) is 21.5 Å². The number of thiophene rings is 1. The Bertz CT molecular complexity index is 1140. The minimum atomic E-state index is -0.00857. The Morgan fingerprint density at radius 2 is 1.97 bits per heavy atom. The molecule has 0 saturated heterocycles. The van der Waals surface area contributed by atoms with Crippen molar-refractivity contribution < 1.29 is 9.47 Å². The Hall–Kier alpha value is -2.89. The van der Waals surface area contributed by atoms with E-state index in [1.165, 1.54) is 21.4 Å². The smallest absolute Gasteiger partial charge is 0.161 e. The van der Waals surface area contributed by atoms with Gasteiger partial charge in [-0.3, -0.25) is 0 Å². The van der Waals surface area contributed by atoms with Crippen LogP contribution in [0.4, 0.5) is 0 Å². The van der Waals surface area contributed by atoms with E-state index in [1.807, 2.05) is 24.3 Å². The fourth-order valence-corrected chi connectivity index (χ4v) is 4.43. The molecular weight excluding hydrogens is 380 g/mol. The third-order valence-corrected chi connectivity index (χ3v) is 6.01. The van der Waals surface area contributed by atoms with Gasteiger partial charge in [0, 0.05) is 18.5 Å². The number of ether oxygens (including phenoxy) is 2. The zero-order chi connectivity index (χ0) is 19.6. The zero-order valence-corrected chi connectivity index (χ0v) is 17.0. The fourth-order valence-electron chi connectivity index (χ4n) is 3.68. The second-order valence-electron chi connectivity index (χ2n) is 7.25. The highest BCUT2D eigenvalue weighted by Gasteiger charge is 2.20. The second-order valence-corrected chi connectivity index (χ2v) is 8.20. The topological polar surface area (TPSA) is 43.4 Å². The molecule has 0 saturated carbocycles. The summed E-state index contributed by atoms with van der Waals surface area (Å²) < 4.78 is 11.9. The van der Waals surface area contributed by atoms with E-state index in [2.05, 4.69) is 54.0 Å². The molecule has 0 aliphatic carbocycles. The summed E-state index contributed by atoms with van der Waals surface area (Å²) in [4.78, 5) is 6.22. The number of para-hydroxylation sites is 3. The summed E-state index contributed by atoms with van der Waals surface area (Å²) in [7, 11) is 0. The molecule has 1 N–H and O–H groups in total. The number of aromatic nitrogens is 1. The van der Waals surface area contributed by atoms with Gasteiger partial charge in [0.1, 0.15) is 12.7 Å². The fraction of sp³-hybridized carbons (Fsp3) is 0.208. The molecule has 146 valence electrons. The van der Waals surface area contributed by atoms with Gasteiger partial charge in [0.2, 0.25) is 0 Å². The van der Waals surface area contributed by atoms with Crippen LogP contribution in [0.2, 0.25) is 0 Å². The molecule has 0 unspecified atom stereocenters. The molecule has 1 aliphatic heterocycles. The van der Waals surface area contributed by atoms with E-state index in [9.17, 15) is 0 Å². The number of hydrogen-bond donors (Lipinski definition) is 1. The van der Waals surface area contributed by atoms with Crippen LogP contribution < -0.4 is 14.8 Å². The van der Waals surface area contributed by atoms with Gasteiger partial charge in [-0.25, -0.2) is 4.98 Å². The van der Waals surface area contributed by atoms with Crippen LogP contribution in [-0.2, 0) is 6.54 Å². The van der Waals surface area contributed by atoms with Gasteiger partial charge in [0.05, 0.1) is 16.1 Å². The number of rotatable bonds is 5. The van der Waals surface area contributed by atoms with Crippen LogP contribution in [0.3, 0.4) is 0 Å². The summed E-state index contributed by atoms with van der Waals surface area (Å²) in [5.74, 6) is 1.63. The highest BCUT2D eigenvalue weighted by molar-refractivity contribution is 7.13. The minimum absolute atomic E-state index is 0.00857. The molecule has 0 bridgehead atoms. The van der Waals surface area contributed by atoms with Crippen LogP contribution in [-0.4, -0.2) is 24.2 Å².